The van der Waals surface area contributed by atoms with Crippen LogP contribution in [0.3, 0.4) is 0 Å². The van der Waals surface area contributed by atoms with Gasteiger partial charge in [-0.15, -0.1) is 0 Å². The van der Waals surface area contributed by atoms with Crippen molar-refractivity contribution in [2.45, 2.75) is 0 Å². The Bertz CT molecular complexity index is 667. The second-order valence-electron chi connectivity index (χ2n) is 3.99. The molecule has 6 heteroatoms. The number of methoxy groups -OCH3 is 1. The van der Waals surface area contributed by atoms with Crippen molar-refractivity contribution in [3.05, 3.63) is 63.7 Å². The molecule has 0 saturated carbocycles. The first-order valence-electron chi connectivity index (χ1n) is 5.69. The molecular formula is C14H11NO5. The number of hydrogen-bond acceptors (Lipinski definition) is 5. The fourth-order valence-electron chi connectivity index (χ4n) is 1.80. The molecule has 2 aromatic rings. The van der Waals surface area contributed by atoms with Gasteiger partial charge in [-0.25, -0.2) is 0 Å². The van der Waals surface area contributed by atoms with Gasteiger partial charge in [0.05, 0.1) is 18.1 Å². The lowest BCUT2D eigenvalue weighted by Gasteiger charge is -2.07. The van der Waals surface area contributed by atoms with E-state index >= 15 is 0 Å². The highest BCUT2D eigenvalue weighted by Gasteiger charge is 2.24. The van der Waals surface area contributed by atoms with Crippen LogP contribution in [0.5, 0.6) is 11.5 Å². The van der Waals surface area contributed by atoms with Gasteiger partial charge in [-0.05, 0) is 0 Å². The summed E-state index contributed by atoms with van der Waals surface area (Å²) in [5, 5.41) is 20.7. The summed E-state index contributed by atoms with van der Waals surface area (Å²) in [5.74, 6) is -0.908. The van der Waals surface area contributed by atoms with Crippen molar-refractivity contribution in [1.29, 1.82) is 0 Å². The minimum absolute atomic E-state index is 0.0543. The van der Waals surface area contributed by atoms with E-state index in [4.69, 9.17) is 4.74 Å². The number of rotatable bonds is 4. The highest BCUT2D eigenvalue weighted by Crippen LogP contribution is 2.34. The summed E-state index contributed by atoms with van der Waals surface area (Å²) >= 11 is 0. The number of phenols is 1. The molecule has 0 amide bonds. The molecule has 6 nitrogen and oxygen atoms in total. The Morgan fingerprint density at radius 3 is 2.45 bits per heavy atom. The number of ketones is 1. The highest BCUT2D eigenvalue weighted by molar-refractivity contribution is 6.11. The number of nitro groups is 1. The Hall–Kier alpha value is -2.89. The van der Waals surface area contributed by atoms with Crippen LogP contribution >= 0.6 is 0 Å². The first-order valence-corrected chi connectivity index (χ1v) is 5.69. The molecule has 102 valence electrons. The molecule has 0 aliphatic heterocycles. The van der Waals surface area contributed by atoms with Crippen LogP contribution in [-0.2, 0) is 0 Å². The minimum atomic E-state index is -0.682. The lowest BCUT2D eigenvalue weighted by molar-refractivity contribution is -0.385. The Morgan fingerprint density at radius 2 is 1.90 bits per heavy atom. The number of hydrogen-bond donors (Lipinski definition) is 1. The summed E-state index contributed by atoms with van der Waals surface area (Å²) in [5.41, 5.74) is -0.284. The quantitative estimate of drug-likeness (QED) is 0.525. The zero-order valence-corrected chi connectivity index (χ0v) is 10.6. The predicted molar refractivity (Wildman–Crippen MR) is 71.2 cm³/mol. The van der Waals surface area contributed by atoms with Crippen molar-refractivity contribution in [1.82, 2.24) is 0 Å². The van der Waals surface area contributed by atoms with E-state index in [2.05, 4.69) is 0 Å². The van der Waals surface area contributed by atoms with Crippen molar-refractivity contribution >= 4 is 11.5 Å². The molecule has 0 fully saturated rings. The topological polar surface area (TPSA) is 89.7 Å². The second kappa shape index (κ2) is 5.40. The molecule has 20 heavy (non-hydrogen) atoms. The third kappa shape index (κ3) is 2.44. The predicted octanol–water partition coefficient (Wildman–Crippen LogP) is 2.54. The zero-order valence-electron chi connectivity index (χ0n) is 10.6. The smallest absolute Gasteiger partial charge is 0.284 e. The SMILES string of the molecule is COc1cc([N+](=O)[O-])c(C(=O)c2ccccc2)cc1O. The number of phenolic OH excluding ortho intramolecular Hbond substituents is 1. The maximum Gasteiger partial charge on any atom is 0.284 e. The average molecular weight is 273 g/mol. The van der Waals surface area contributed by atoms with E-state index in [1.807, 2.05) is 0 Å². The molecule has 0 aromatic heterocycles. The second-order valence-corrected chi connectivity index (χ2v) is 3.99. The molecule has 2 aromatic carbocycles. The first-order chi connectivity index (χ1) is 9.54. The van der Waals surface area contributed by atoms with Gasteiger partial charge in [0.25, 0.3) is 5.69 Å². The van der Waals surface area contributed by atoms with Crippen molar-refractivity contribution in [2.24, 2.45) is 0 Å². The Morgan fingerprint density at radius 1 is 1.25 bits per heavy atom. The molecule has 0 radical (unpaired) electrons. The Balaban J connectivity index is 2.59. The van der Waals surface area contributed by atoms with Crippen molar-refractivity contribution in [3.63, 3.8) is 0 Å². The molecule has 0 unspecified atom stereocenters. The van der Waals surface area contributed by atoms with Crippen molar-refractivity contribution in [3.8, 4) is 11.5 Å². The molecule has 1 N–H and O–H groups in total. The largest absolute Gasteiger partial charge is 0.504 e. The standard InChI is InChI=1S/C14H11NO5/c1-20-13-8-11(15(18)19)10(7-12(13)16)14(17)9-5-3-2-4-6-9/h2-8,16H,1H3. The number of benzene rings is 2. The Kier molecular flexibility index (Phi) is 3.65. The number of aromatic hydroxyl groups is 1. The highest BCUT2D eigenvalue weighted by atomic mass is 16.6. The van der Waals surface area contributed by atoms with Gasteiger partial charge in [-0.3, -0.25) is 14.9 Å². The normalized spacial score (nSPS) is 10.1. The van der Waals surface area contributed by atoms with Crippen LogP contribution in [0.4, 0.5) is 5.69 Å². The summed E-state index contributed by atoms with van der Waals surface area (Å²) in [6.45, 7) is 0. The first kappa shape index (κ1) is 13.5. The average Bonchev–Trinajstić information content (AvgIpc) is 2.46. The van der Waals surface area contributed by atoms with Gasteiger partial charge >= 0.3 is 0 Å². The lowest BCUT2D eigenvalue weighted by Crippen LogP contribution is -2.06. The monoisotopic (exact) mass is 273 g/mol. The fourth-order valence-corrected chi connectivity index (χ4v) is 1.80. The number of carbonyl (C=O) groups is 1. The number of nitro benzene ring substituents is 1. The maximum atomic E-state index is 12.3. The van der Waals surface area contributed by atoms with E-state index in [1.54, 1.807) is 30.3 Å². The van der Waals surface area contributed by atoms with Crippen LogP contribution in [-0.4, -0.2) is 22.9 Å². The number of carbonyl (C=O) groups excluding carboxylic acids is 1. The fraction of sp³-hybridized carbons (Fsp3) is 0.0714. The molecule has 0 aliphatic carbocycles. The van der Waals surface area contributed by atoms with Crippen LogP contribution < -0.4 is 4.74 Å². The molecule has 0 bridgehead atoms. The molecule has 0 aliphatic rings. The summed E-state index contributed by atoms with van der Waals surface area (Å²) in [4.78, 5) is 22.6. The molecule has 0 saturated heterocycles. The van der Waals surface area contributed by atoms with Crippen LogP contribution in [0, 0.1) is 10.1 Å². The summed E-state index contributed by atoms with van der Waals surface area (Å²) in [6, 6.07) is 10.2. The molecule has 0 heterocycles. The van der Waals surface area contributed by atoms with Gasteiger partial charge in [-0.2, -0.15) is 0 Å². The lowest BCUT2D eigenvalue weighted by atomic mass is 10.0. The van der Waals surface area contributed by atoms with E-state index in [9.17, 15) is 20.0 Å². The number of ether oxygens (including phenoxy) is 1. The molecule has 0 spiro atoms. The van der Waals surface area contributed by atoms with Gasteiger partial charge in [0.1, 0.15) is 5.56 Å². The zero-order chi connectivity index (χ0) is 14.7. The van der Waals surface area contributed by atoms with Gasteiger partial charge in [-0.1, -0.05) is 30.3 Å². The minimum Gasteiger partial charge on any atom is -0.504 e. The summed E-state index contributed by atoms with van der Waals surface area (Å²) < 4.78 is 4.81. The van der Waals surface area contributed by atoms with Gasteiger partial charge in [0.15, 0.2) is 17.3 Å². The Labute approximate surface area is 114 Å². The van der Waals surface area contributed by atoms with Crippen molar-refractivity contribution in [2.75, 3.05) is 7.11 Å². The van der Waals surface area contributed by atoms with E-state index in [-0.39, 0.29) is 17.1 Å². The molecular weight excluding hydrogens is 262 g/mol. The van der Waals surface area contributed by atoms with Crippen molar-refractivity contribution < 1.29 is 19.6 Å². The molecule has 0 atom stereocenters. The maximum absolute atomic E-state index is 12.3. The summed E-state index contributed by atoms with van der Waals surface area (Å²) in [6.07, 6.45) is 0. The van der Waals surface area contributed by atoms with E-state index < -0.39 is 16.4 Å². The van der Waals surface area contributed by atoms with E-state index in [0.29, 0.717) is 5.56 Å². The van der Waals surface area contributed by atoms with Crippen LogP contribution in [0.1, 0.15) is 15.9 Å². The molecule has 2 rings (SSSR count). The van der Waals surface area contributed by atoms with Crippen LogP contribution in [0.2, 0.25) is 0 Å². The summed E-state index contributed by atoms with van der Waals surface area (Å²) in [7, 11) is 1.28. The third-order valence-corrected chi connectivity index (χ3v) is 2.77. The van der Waals surface area contributed by atoms with Gasteiger partial charge in [0, 0.05) is 11.6 Å². The van der Waals surface area contributed by atoms with Crippen LogP contribution in [0.15, 0.2) is 42.5 Å². The van der Waals surface area contributed by atoms with Gasteiger partial charge in [0.2, 0.25) is 0 Å². The van der Waals surface area contributed by atoms with E-state index in [1.165, 1.54) is 7.11 Å². The van der Waals surface area contributed by atoms with Gasteiger partial charge < -0.3 is 9.84 Å². The number of nitrogens with zero attached hydrogens (tertiary/aromatic N) is 1. The van der Waals surface area contributed by atoms with Crippen LogP contribution in [0.25, 0.3) is 0 Å². The third-order valence-electron chi connectivity index (χ3n) is 2.77. The van der Waals surface area contributed by atoms with E-state index in [0.717, 1.165) is 12.1 Å².